The molecule has 0 bridgehead atoms. The normalized spacial score (nSPS) is 11.0. The molecule has 0 spiro atoms. The van der Waals surface area contributed by atoms with Crippen LogP contribution in [0, 0.1) is 0 Å². The van der Waals surface area contributed by atoms with Crippen LogP contribution in [-0.4, -0.2) is 36.6 Å². The summed E-state index contributed by atoms with van der Waals surface area (Å²) in [5.41, 5.74) is 0. The second kappa shape index (κ2) is 7.26. The summed E-state index contributed by atoms with van der Waals surface area (Å²) in [7, 11) is 0. The molecule has 0 saturated heterocycles. The Kier molecular flexibility index (Phi) is 5.38. The molecular weight excluding hydrogens is 292 g/mol. The van der Waals surface area contributed by atoms with Crippen molar-refractivity contribution in [3.05, 3.63) is 23.7 Å². The smallest absolute Gasteiger partial charge is 0.313 e. The number of aliphatic carboxylic acids is 1. The highest BCUT2D eigenvalue weighted by molar-refractivity contribution is 7.99. The van der Waals surface area contributed by atoms with Gasteiger partial charge >= 0.3 is 5.97 Å². The van der Waals surface area contributed by atoms with Crippen molar-refractivity contribution in [1.82, 2.24) is 19.7 Å². The molecule has 2 heterocycles. The minimum absolute atomic E-state index is 0.0456. The number of hydrogen-bond acceptors (Lipinski definition) is 6. The standard InChI is InChI=1S/C13H18N4O3S/c1-3-5-10-15-16-13(21-8-12(18)19)17(10)7-11-14-6-9(4-2)20-11/h6H,3-5,7-8H2,1-2H3,(H,18,19). The number of hydrogen-bond donors (Lipinski definition) is 1. The first-order valence-electron chi connectivity index (χ1n) is 6.84. The van der Waals surface area contributed by atoms with Crippen molar-refractivity contribution in [3.63, 3.8) is 0 Å². The van der Waals surface area contributed by atoms with Gasteiger partial charge in [0.25, 0.3) is 0 Å². The van der Waals surface area contributed by atoms with Gasteiger partial charge < -0.3 is 9.52 Å². The van der Waals surface area contributed by atoms with E-state index >= 15 is 0 Å². The van der Waals surface area contributed by atoms with Gasteiger partial charge in [-0.2, -0.15) is 0 Å². The van der Waals surface area contributed by atoms with Gasteiger partial charge in [-0.3, -0.25) is 9.36 Å². The second-order valence-electron chi connectivity index (χ2n) is 4.49. The molecule has 0 atom stereocenters. The Morgan fingerprint density at radius 2 is 2.24 bits per heavy atom. The highest BCUT2D eigenvalue weighted by Gasteiger charge is 2.15. The zero-order valence-corrected chi connectivity index (χ0v) is 12.9. The average molecular weight is 310 g/mol. The SMILES string of the molecule is CCCc1nnc(SCC(=O)O)n1Cc1ncc(CC)o1. The van der Waals surface area contributed by atoms with Crippen molar-refractivity contribution in [2.45, 2.75) is 44.8 Å². The van der Waals surface area contributed by atoms with Crippen LogP contribution in [0.15, 0.2) is 15.8 Å². The van der Waals surface area contributed by atoms with Gasteiger partial charge in [0, 0.05) is 12.8 Å². The molecule has 0 amide bonds. The Morgan fingerprint density at radius 1 is 1.43 bits per heavy atom. The van der Waals surface area contributed by atoms with Crippen molar-refractivity contribution in [2.75, 3.05) is 5.75 Å². The summed E-state index contributed by atoms with van der Waals surface area (Å²) in [5, 5.41) is 17.6. The summed E-state index contributed by atoms with van der Waals surface area (Å²) in [6, 6.07) is 0. The monoisotopic (exact) mass is 310 g/mol. The number of carbonyl (C=O) groups is 1. The molecule has 2 rings (SSSR count). The van der Waals surface area contributed by atoms with Crippen molar-refractivity contribution < 1.29 is 14.3 Å². The van der Waals surface area contributed by atoms with Gasteiger partial charge in [0.05, 0.1) is 11.9 Å². The minimum Gasteiger partial charge on any atom is -0.481 e. The third kappa shape index (κ3) is 4.07. The van der Waals surface area contributed by atoms with Crippen molar-refractivity contribution >= 4 is 17.7 Å². The van der Waals surface area contributed by atoms with E-state index in [0.29, 0.717) is 17.6 Å². The zero-order valence-electron chi connectivity index (χ0n) is 12.1. The van der Waals surface area contributed by atoms with Crippen LogP contribution in [0.2, 0.25) is 0 Å². The molecule has 0 aliphatic carbocycles. The lowest BCUT2D eigenvalue weighted by Crippen LogP contribution is -2.08. The van der Waals surface area contributed by atoms with Crippen LogP contribution in [0.5, 0.6) is 0 Å². The molecular formula is C13H18N4O3S. The van der Waals surface area contributed by atoms with E-state index < -0.39 is 5.97 Å². The van der Waals surface area contributed by atoms with E-state index in [4.69, 9.17) is 9.52 Å². The van der Waals surface area contributed by atoms with Crippen LogP contribution in [0.1, 0.15) is 37.7 Å². The molecule has 0 saturated carbocycles. The lowest BCUT2D eigenvalue weighted by Gasteiger charge is -2.06. The van der Waals surface area contributed by atoms with E-state index in [0.717, 1.165) is 42.6 Å². The largest absolute Gasteiger partial charge is 0.481 e. The molecule has 0 aliphatic heterocycles. The van der Waals surface area contributed by atoms with Crippen LogP contribution in [0.25, 0.3) is 0 Å². The maximum absolute atomic E-state index is 10.7. The van der Waals surface area contributed by atoms with Gasteiger partial charge in [-0.15, -0.1) is 10.2 Å². The molecule has 8 heteroatoms. The molecule has 0 aromatic carbocycles. The quantitative estimate of drug-likeness (QED) is 0.745. The first-order valence-corrected chi connectivity index (χ1v) is 7.82. The number of carboxylic acid groups (broad SMARTS) is 1. The number of aryl methyl sites for hydroxylation is 2. The second-order valence-corrected chi connectivity index (χ2v) is 5.43. The molecule has 0 unspecified atom stereocenters. The number of thioether (sulfide) groups is 1. The molecule has 0 aliphatic rings. The summed E-state index contributed by atoms with van der Waals surface area (Å²) >= 11 is 1.15. The molecule has 1 N–H and O–H groups in total. The van der Waals surface area contributed by atoms with E-state index in [-0.39, 0.29) is 5.75 Å². The van der Waals surface area contributed by atoms with Crippen LogP contribution in [-0.2, 0) is 24.2 Å². The molecule has 0 radical (unpaired) electrons. The maximum atomic E-state index is 10.7. The molecule has 114 valence electrons. The third-order valence-corrected chi connectivity index (χ3v) is 3.79. The van der Waals surface area contributed by atoms with Crippen LogP contribution in [0.3, 0.4) is 0 Å². The highest BCUT2D eigenvalue weighted by atomic mass is 32.2. The maximum Gasteiger partial charge on any atom is 0.313 e. The Morgan fingerprint density at radius 3 is 2.86 bits per heavy atom. The first kappa shape index (κ1) is 15.6. The zero-order chi connectivity index (χ0) is 15.2. The highest BCUT2D eigenvalue weighted by Crippen LogP contribution is 2.19. The van der Waals surface area contributed by atoms with Crippen molar-refractivity contribution in [3.8, 4) is 0 Å². The van der Waals surface area contributed by atoms with E-state index in [9.17, 15) is 4.79 Å². The fourth-order valence-electron chi connectivity index (χ4n) is 1.84. The first-order chi connectivity index (χ1) is 10.1. The van der Waals surface area contributed by atoms with E-state index in [1.807, 2.05) is 11.5 Å². The number of rotatable bonds is 8. The molecule has 2 aromatic heterocycles. The summed E-state index contributed by atoms with van der Waals surface area (Å²) < 4.78 is 7.48. The van der Waals surface area contributed by atoms with Gasteiger partial charge in [-0.1, -0.05) is 25.6 Å². The van der Waals surface area contributed by atoms with Crippen LogP contribution < -0.4 is 0 Å². The predicted octanol–water partition coefficient (Wildman–Crippen LogP) is 2.01. The summed E-state index contributed by atoms with van der Waals surface area (Å²) in [4.78, 5) is 14.9. The Balaban J connectivity index is 2.20. The number of aromatic nitrogens is 4. The van der Waals surface area contributed by atoms with Gasteiger partial charge in [0.15, 0.2) is 5.16 Å². The number of carboxylic acids is 1. The van der Waals surface area contributed by atoms with E-state index in [1.54, 1.807) is 6.20 Å². The van der Waals surface area contributed by atoms with Gasteiger partial charge in [-0.05, 0) is 6.42 Å². The van der Waals surface area contributed by atoms with Crippen LogP contribution in [0.4, 0.5) is 0 Å². The van der Waals surface area contributed by atoms with Gasteiger partial charge in [0.1, 0.15) is 18.1 Å². The minimum atomic E-state index is -0.879. The molecule has 0 fully saturated rings. The summed E-state index contributed by atoms with van der Waals surface area (Å²) in [6.07, 6.45) is 4.22. The Labute approximate surface area is 126 Å². The van der Waals surface area contributed by atoms with Crippen LogP contribution >= 0.6 is 11.8 Å². The van der Waals surface area contributed by atoms with Crippen molar-refractivity contribution in [1.29, 1.82) is 0 Å². The Bertz CT molecular complexity index is 608. The van der Waals surface area contributed by atoms with E-state index in [2.05, 4.69) is 22.1 Å². The number of oxazole rings is 1. The Hall–Kier alpha value is -1.83. The lowest BCUT2D eigenvalue weighted by atomic mass is 10.3. The van der Waals surface area contributed by atoms with Crippen molar-refractivity contribution in [2.24, 2.45) is 0 Å². The summed E-state index contributed by atoms with van der Waals surface area (Å²) in [6.45, 7) is 4.48. The molecule has 7 nitrogen and oxygen atoms in total. The third-order valence-electron chi connectivity index (χ3n) is 2.84. The fraction of sp³-hybridized carbons (Fsp3) is 0.538. The average Bonchev–Trinajstić information content (AvgIpc) is 3.06. The van der Waals surface area contributed by atoms with Gasteiger partial charge in [0.2, 0.25) is 5.89 Å². The summed E-state index contributed by atoms with van der Waals surface area (Å²) in [5.74, 6) is 1.31. The number of nitrogens with zero attached hydrogens (tertiary/aromatic N) is 4. The topological polar surface area (TPSA) is 94.0 Å². The lowest BCUT2D eigenvalue weighted by molar-refractivity contribution is -0.133. The molecule has 21 heavy (non-hydrogen) atoms. The van der Waals surface area contributed by atoms with Gasteiger partial charge in [-0.25, -0.2) is 4.98 Å². The fourth-order valence-corrected chi connectivity index (χ4v) is 2.52. The predicted molar refractivity (Wildman–Crippen MR) is 77.4 cm³/mol. The molecule has 2 aromatic rings. The van der Waals surface area contributed by atoms with E-state index in [1.165, 1.54) is 0 Å².